The molecule has 0 spiro atoms. The van der Waals surface area contributed by atoms with Gasteiger partial charge in [0, 0.05) is 6.04 Å². The lowest BCUT2D eigenvalue weighted by molar-refractivity contribution is -0.159. The van der Waals surface area contributed by atoms with Gasteiger partial charge in [-0.2, -0.15) is 0 Å². The maximum atomic E-state index is 12.4. The number of amides is 1. The van der Waals surface area contributed by atoms with Gasteiger partial charge in [0.05, 0.1) is 12.7 Å². The van der Waals surface area contributed by atoms with Gasteiger partial charge < -0.3 is 25.0 Å². The number of rotatable bonds is 20. The molecule has 200 valence electrons. The molecule has 0 aliphatic carbocycles. The smallest absolute Gasteiger partial charge is 0.407 e. The molecule has 0 heterocycles. The van der Waals surface area contributed by atoms with Crippen molar-refractivity contribution >= 4 is 12.1 Å². The Labute approximate surface area is 211 Å². The van der Waals surface area contributed by atoms with Gasteiger partial charge in [0.25, 0.3) is 0 Å². The minimum atomic E-state index is -1.59. The molecular formula is C28H47NO6. The fourth-order valence-corrected chi connectivity index (χ4v) is 4.01. The summed E-state index contributed by atoms with van der Waals surface area (Å²) in [5, 5.41) is 23.0. The Morgan fingerprint density at radius 3 is 2.00 bits per heavy atom. The van der Waals surface area contributed by atoms with Crippen LogP contribution in [-0.2, 0) is 20.9 Å². The van der Waals surface area contributed by atoms with Gasteiger partial charge in [0.2, 0.25) is 0 Å². The summed E-state index contributed by atoms with van der Waals surface area (Å²) in [7, 11) is 0. The quantitative estimate of drug-likeness (QED) is 0.160. The van der Waals surface area contributed by atoms with Crippen LogP contribution in [-0.4, -0.2) is 47.1 Å². The predicted molar refractivity (Wildman–Crippen MR) is 138 cm³/mol. The van der Waals surface area contributed by atoms with E-state index < -0.39 is 24.3 Å². The number of alkyl carbamates (subject to hydrolysis) is 1. The molecule has 0 unspecified atom stereocenters. The highest BCUT2D eigenvalue weighted by atomic mass is 16.6. The van der Waals surface area contributed by atoms with Crippen LogP contribution in [0.3, 0.4) is 0 Å². The maximum absolute atomic E-state index is 12.4. The van der Waals surface area contributed by atoms with Crippen LogP contribution in [0, 0.1) is 0 Å². The van der Waals surface area contributed by atoms with Gasteiger partial charge in [-0.05, 0) is 31.7 Å². The first-order valence-corrected chi connectivity index (χ1v) is 13.5. The highest BCUT2D eigenvalue weighted by Gasteiger charge is 2.26. The largest absolute Gasteiger partial charge is 0.464 e. The third-order valence-corrected chi connectivity index (χ3v) is 6.14. The summed E-state index contributed by atoms with van der Waals surface area (Å²) in [5.74, 6) is -0.832. The molecule has 0 saturated carbocycles. The molecule has 0 aliphatic heterocycles. The number of aliphatic hydroxyl groups excluding tert-OH is 2. The van der Waals surface area contributed by atoms with Crippen LogP contribution in [0.2, 0.25) is 0 Å². The van der Waals surface area contributed by atoms with Crippen molar-refractivity contribution in [3.63, 3.8) is 0 Å². The number of aliphatic hydroxyl groups is 2. The Balaban J connectivity index is 2.42. The van der Waals surface area contributed by atoms with E-state index in [1.165, 1.54) is 51.4 Å². The van der Waals surface area contributed by atoms with Gasteiger partial charge in [0.1, 0.15) is 6.61 Å². The first-order chi connectivity index (χ1) is 17.0. The number of benzene rings is 1. The van der Waals surface area contributed by atoms with Crippen LogP contribution in [0.5, 0.6) is 0 Å². The summed E-state index contributed by atoms with van der Waals surface area (Å²) in [6.07, 6.45) is 10.3. The van der Waals surface area contributed by atoms with Gasteiger partial charge in [-0.3, -0.25) is 0 Å². The first-order valence-electron chi connectivity index (χ1n) is 13.5. The van der Waals surface area contributed by atoms with E-state index in [0.717, 1.165) is 24.8 Å². The second-order valence-corrected chi connectivity index (χ2v) is 9.22. The zero-order valence-corrected chi connectivity index (χ0v) is 21.8. The monoisotopic (exact) mass is 493 g/mol. The summed E-state index contributed by atoms with van der Waals surface area (Å²) in [5.41, 5.74) is 0.905. The normalized spacial score (nSPS) is 13.6. The fourth-order valence-electron chi connectivity index (χ4n) is 4.01. The lowest BCUT2D eigenvalue weighted by Crippen LogP contribution is -2.39. The number of ether oxygens (including phenoxy) is 2. The van der Waals surface area contributed by atoms with E-state index in [9.17, 15) is 19.8 Å². The average Bonchev–Trinajstić information content (AvgIpc) is 2.87. The molecule has 0 radical (unpaired) electrons. The van der Waals surface area contributed by atoms with Crippen LogP contribution in [0.15, 0.2) is 30.3 Å². The molecule has 0 saturated heterocycles. The van der Waals surface area contributed by atoms with Crippen molar-refractivity contribution in [1.82, 2.24) is 5.32 Å². The topological polar surface area (TPSA) is 105 Å². The molecule has 0 aromatic heterocycles. The van der Waals surface area contributed by atoms with Crippen molar-refractivity contribution < 1.29 is 29.3 Å². The summed E-state index contributed by atoms with van der Waals surface area (Å²) < 4.78 is 10.1. The summed E-state index contributed by atoms with van der Waals surface area (Å²) in [6.45, 7) is 4.19. The number of hydrogen-bond acceptors (Lipinski definition) is 6. The zero-order chi connectivity index (χ0) is 25.7. The number of carbonyl (C=O) groups is 2. The molecule has 0 aliphatic rings. The zero-order valence-electron chi connectivity index (χ0n) is 21.8. The Morgan fingerprint density at radius 1 is 0.800 bits per heavy atom. The summed E-state index contributed by atoms with van der Waals surface area (Å²) >= 11 is 0. The minimum absolute atomic E-state index is 0.138. The van der Waals surface area contributed by atoms with Crippen molar-refractivity contribution in [3.8, 4) is 0 Å². The van der Waals surface area contributed by atoms with Crippen LogP contribution in [0.25, 0.3) is 0 Å². The molecule has 0 fully saturated rings. The lowest BCUT2D eigenvalue weighted by atomic mass is 9.99. The molecule has 1 rings (SSSR count). The highest BCUT2D eigenvalue weighted by Crippen LogP contribution is 2.15. The van der Waals surface area contributed by atoms with E-state index in [1.807, 2.05) is 30.3 Å². The Kier molecular flexibility index (Phi) is 17.8. The first kappa shape index (κ1) is 30.9. The number of unbranched alkanes of at least 4 members (excludes halogenated alkanes) is 9. The van der Waals surface area contributed by atoms with Crippen LogP contribution >= 0.6 is 0 Å². The molecular weight excluding hydrogens is 446 g/mol. The van der Waals surface area contributed by atoms with Crippen molar-refractivity contribution in [2.75, 3.05) is 6.61 Å². The standard InChI is InChI=1S/C28H47NO6/c1-3-5-6-7-8-9-10-11-12-16-19-24(20-21-25(30)26(31)27(32)34-4-2)29-28(33)35-22-23-17-14-13-15-18-23/h13-15,17-18,24-26,30-31H,3-12,16,19-22H2,1-2H3,(H,29,33)/t24-,25+,26-/m0/s1. The van der Waals surface area contributed by atoms with E-state index in [2.05, 4.69) is 12.2 Å². The minimum Gasteiger partial charge on any atom is -0.464 e. The van der Waals surface area contributed by atoms with Crippen molar-refractivity contribution in [2.24, 2.45) is 0 Å². The molecule has 0 bridgehead atoms. The number of hydrogen-bond donors (Lipinski definition) is 3. The number of esters is 1. The third kappa shape index (κ3) is 15.5. The van der Waals surface area contributed by atoms with Gasteiger partial charge >= 0.3 is 12.1 Å². The van der Waals surface area contributed by atoms with E-state index in [4.69, 9.17) is 9.47 Å². The van der Waals surface area contributed by atoms with Gasteiger partial charge in [0.15, 0.2) is 6.10 Å². The van der Waals surface area contributed by atoms with E-state index in [0.29, 0.717) is 6.42 Å². The molecule has 35 heavy (non-hydrogen) atoms. The van der Waals surface area contributed by atoms with Crippen LogP contribution < -0.4 is 5.32 Å². The highest BCUT2D eigenvalue weighted by molar-refractivity contribution is 5.75. The Hall–Kier alpha value is -2.12. The Morgan fingerprint density at radius 2 is 1.40 bits per heavy atom. The van der Waals surface area contributed by atoms with Gasteiger partial charge in [-0.1, -0.05) is 101 Å². The molecule has 3 atom stereocenters. The Bertz CT molecular complexity index is 669. The van der Waals surface area contributed by atoms with Crippen LogP contribution in [0.4, 0.5) is 4.79 Å². The van der Waals surface area contributed by atoms with Crippen molar-refractivity contribution in [2.45, 2.75) is 122 Å². The van der Waals surface area contributed by atoms with Gasteiger partial charge in [-0.15, -0.1) is 0 Å². The summed E-state index contributed by atoms with van der Waals surface area (Å²) in [4.78, 5) is 24.0. The second-order valence-electron chi connectivity index (χ2n) is 9.22. The van der Waals surface area contributed by atoms with E-state index >= 15 is 0 Å². The lowest BCUT2D eigenvalue weighted by Gasteiger charge is -2.22. The molecule has 1 aromatic carbocycles. The molecule has 7 nitrogen and oxygen atoms in total. The van der Waals surface area contributed by atoms with Crippen molar-refractivity contribution in [3.05, 3.63) is 35.9 Å². The maximum Gasteiger partial charge on any atom is 0.407 e. The predicted octanol–water partition coefficient (Wildman–Crippen LogP) is 5.66. The fraction of sp³-hybridized carbons (Fsp3) is 0.714. The number of carbonyl (C=O) groups excluding carboxylic acids is 2. The second kappa shape index (κ2) is 20.1. The summed E-state index contributed by atoms with van der Waals surface area (Å²) in [6, 6.07) is 9.25. The molecule has 3 N–H and O–H groups in total. The van der Waals surface area contributed by atoms with E-state index in [1.54, 1.807) is 6.92 Å². The molecule has 1 aromatic rings. The number of nitrogens with one attached hydrogen (secondary N) is 1. The third-order valence-electron chi connectivity index (χ3n) is 6.14. The van der Waals surface area contributed by atoms with Gasteiger partial charge in [-0.25, -0.2) is 9.59 Å². The molecule has 1 amide bonds. The van der Waals surface area contributed by atoms with Crippen LogP contribution in [0.1, 0.15) is 103 Å². The van der Waals surface area contributed by atoms with Crippen molar-refractivity contribution in [1.29, 1.82) is 0 Å². The van der Waals surface area contributed by atoms with E-state index in [-0.39, 0.29) is 25.7 Å². The molecule has 7 heteroatoms. The average molecular weight is 494 g/mol. The SMILES string of the molecule is CCCCCCCCCCCC[C@@H](CC[C@@H](O)[C@H](O)C(=O)OCC)NC(=O)OCc1ccccc1.